The summed E-state index contributed by atoms with van der Waals surface area (Å²) < 4.78 is 7.54. The molecule has 1 fully saturated rings. The Bertz CT molecular complexity index is 668. The molecule has 1 aliphatic rings. The maximum Gasteiger partial charge on any atom is 0.230 e. The van der Waals surface area contributed by atoms with Gasteiger partial charge in [-0.15, -0.1) is 10.2 Å². The van der Waals surface area contributed by atoms with Crippen molar-refractivity contribution in [1.29, 1.82) is 0 Å². The second-order valence-electron chi connectivity index (χ2n) is 5.64. The fourth-order valence-electron chi connectivity index (χ4n) is 2.70. The van der Waals surface area contributed by atoms with Crippen LogP contribution in [0, 0.1) is 0 Å². The van der Waals surface area contributed by atoms with E-state index in [0.29, 0.717) is 12.3 Å². The normalized spacial score (nSPS) is 17.1. The summed E-state index contributed by atoms with van der Waals surface area (Å²) in [6, 6.07) is 9.97. The van der Waals surface area contributed by atoms with E-state index in [0.717, 1.165) is 42.5 Å². The number of amides is 1. The largest absolute Gasteiger partial charge is 0.376 e. The van der Waals surface area contributed by atoms with Gasteiger partial charge in [0.1, 0.15) is 0 Å². The molecule has 1 N–H and O–H groups in total. The first kappa shape index (κ1) is 17.0. The van der Waals surface area contributed by atoms with Crippen LogP contribution in [0.4, 0.5) is 0 Å². The fraction of sp³-hybridized carbons (Fsp3) is 0.471. The minimum atomic E-state index is 0.00224. The lowest BCUT2D eigenvalue weighted by Crippen LogP contribution is -2.32. The molecule has 0 bridgehead atoms. The van der Waals surface area contributed by atoms with Crippen molar-refractivity contribution in [3.63, 3.8) is 0 Å². The average molecular weight is 346 g/mol. The highest BCUT2D eigenvalue weighted by Crippen LogP contribution is 2.23. The molecular weight excluding hydrogens is 324 g/mol. The zero-order chi connectivity index (χ0) is 16.8. The van der Waals surface area contributed by atoms with Gasteiger partial charge in [0.15, 0.2) is 11.0 Å². The number of thioether (sulfide) groups is 1. The molecule has 2 aromatic rings. The Morgan fingerprint density at radius 2 is 2.21 bits per heavy atom. The summed E-state index contributed by atoms with van der Waals surface area (Å²) in [4.78, 5) is 12.0. The Hall–Kier alpha value is -1.86. The van der Waals surface area contributed by atoms with Gasteiger partial charge in [-0.25, -0.2) is 0 Å². The van der Waals surface area contributed by atoms with Crippen molar-refractivity contribution in [1.82, 2.24) is 20.1 Å². The number of hydrogen-bond donors (Lipinski definition) is 1. The van der Waals surface area contributed by atoms with Crippen LogP contribution in [0.3, 0.4) is 0 Å². The highest BCUT2D eigenvalue weighted by Gasteiger charge is 2.17. The van der Waals surface area contributed by atoms with Crippen molar-refractivity contribution in [3.05, 3.63) is 30.3 Å². The summed E-state index contributed by atoms with van der Waals surface area (Å²) in [7, 11) is 0. The topological polar surface area (TPSA) is 69.0 Å². The lowest BCUT2D eigenvalue weighted by atomic mass is 10.2. The summed E-state index contributed by atoms with van der Waals surface area (Å²) in [5, 5.41) is 12.2. The minimum absolute atomic E-state index is 0.00224. The van der Waals surface area contributed by atoms with Gasteiger partial charge in [0, 0.05) is 25.3 Å². The van der Waals surface area contributed by atoms with Crippen LogP contribution in [-0.4, -0.2) is 45.7 Å². The smallest absolute Gasteiger partial charge is 0.230 e. The average Bonchev–Trinajstić information content (AvgIpc) is 3.28. The third kappa shape index (κ3) is 4.15. The van der Waals surface area contributed by atoms with E-state index in [4.69, 9.17) is 4.74 Å². The number of nitrogens with one attached hydrogen (secondary N) is 1. The van der Waals surface area contributed by atoms with Crippen LogP contribution in [0.25, 0.3) is 11.4 Å². The number of carbonyl (C=O) groups excluding carboxylic acids is 1. The number of benzene rings is 1. The Labute approximate surface area is 146 Å². The van der Waals surface area contributed by atoms with Crippen LogP contribution in [-0.2, 0) is 16.1 Å². The number of aromatic nitrogens is 3. The Balaban J connectivity index is 1.57. The molecule has 0 aliphatic carbocycles. The van der Waals surface area contributed by atoms with E-state index in [2.05, 4.69) is 22.4 Å². The van der Waals surface area contributed by atoms with E-state index in [1.807, 2.05) is 34.9 Å². The number of hydrogen-bond acceptors (Lipinski definition) is 5. The fourth-order valence-corrected chi connectivity index (χ4v) is 3.53. The van der Waals surface area contributed by atoms with Crippen molar-refractivity contribution in [2.75, 3.05) is 18.9 Å². The molecule has 2 heterocycles. The van der Waals surface area contributed by atoms with Crippen molar-refractivity contribution in [2.24, 2.45) is 0 Å². The number of rotatable bonds is 7. The first-order chi connectivity index (χ1) is 11.8. The van der Waals surface area contributed by atoms with E-state index in [9.17, 15) is 4.79 Å². The van der Waals surface area contributed by atoms with Crippen LogP contribution >= 0.6 is 11.8 Å². The van der Waals surface area contributed by atoms with E-state index in [1.54, 1.807) is 0 Å². The second-order valence-corrected chi connectivity index (χ2v) is 6.59. The van der Waals surface area contributed by atoms with Gasteiger partial charge >= 0.3 is 0 Å². The van der Waals surface area contributed by atoms with Gasteiger partial charge in [-0.2, -0.15) is 0 Å². The third-order valence-electron chi connectivity index (χ3n) is 3.95. The molecule has 128 valence electrons. The predicted octanol–water partition coefficient (Wildman–Crippen LogP) is 2.35. The highest BCUT2D eigenvalue weighted by molar-refractivity contribution is 7.99. The molecule has 7 heteroatoms. The van der Waals surface area contributed by atoms with Crippen LogP contribution in [0.15, 0.2) is 35.5 Å². The van der Waals surface area contributed by atoms with Crippen molar-refractivity contribution < 1.29 is 9.53 Å². The Morgan fingerprint density at radius 1 is 1.38 bits per heavy atom. The number of nitrogens with zero attached hydrogens (tertiary/aromatic N) is 3. The van der Waals surface area contributed by atoms with E-state index < -0.39 is 0 Å². The molecule has 0 saturated carbocycles. The summed E-state index contributed by atoms with van der Waals surface area (Å²) in [6.07, 6.45) is 2.28. The molecule has 3 rings (SSSR count). The first-order valence-electron chi connectivity index (χ1n) is 8.27. The van der Waals surface area contributed by atoms with Gasteiger partial charge in [-0.1, -0.05) is 42.1 Å². The molecule has 1 aromatic heterocycles. The highest BCUT2D eigenvalue weighted by atomic mass is 32.2. The van der Waals surface area contributed by atoms with Gasteiger partial charge in [0.25, 0.3) is 0 Å². The molecule has 1 aromatic carbocycles. The van der Waals surface area contributed by atoms with Gasteiger partial charge < -0.3 is 14.6 Å². The second kappa shape index (κ2) is 8.30. The quantitative estimate of drug-likeness (QED) is 0.780. The molecule has 6 nitrogen and oxygen atoms in total. The number of carbonyl (C=O) groups is 1. The summed E-state index contributed by atoms with van der Waals surface area (Å²) in [6.45, 7) is 4.21. The zero-order valence-electron chi connectivity index (χ0n) is 13.8. The van der Waals surface area contributed by atoms with Crippen molar-refractivity contribution >= 4 is 17.7 Å². The van der Waals surface area contributed by atoms with Crippen LogP contribution in [0.5, 0.6) is 0 Å². The van der Waals surface area contributed by atoms with Crippen LogP contribution in [0.1, 0.15) is 19.8 Å². The first-order valence-corrected chi connectivity index (χ1v) is 9.26. The predicted molar refractivity (Wildman–Crippen MR) is 93.8 cm³/mol. The number of ether oxygens (including phenoxy) is 1. The third-order valence-corrected chi connectivity index (χ3v) is 4.92. The Kier molecular flexibility index (Phi) is 5.87. The summed E-state index contributed by atoms with van der Waals surface area (Å²) in [5.41, 5.74) is 1.03. The maximum atomic E-state index is 12.0. The van der Waals surface area contributed by atoms with Crippen LogP contribution < -0.4 is 5.32 Å². The molecule has 1 amide bonds. The lowest BCUT2D eigenvalue weighted by Gasteiger charge is -2.11. The summed E-state index contributed by atoms with van der Waals surface area (Å²) in [5.74, 6) is 1.17. The molecule has 1 saturated heterocycles. The molecular formula is C17H22N4O2S. The molecule has 1 aliphatic heterocycles. The van der Waals surface area contributed by atoms with Gasteiger partial charge in [0.2, 0.25) is 5.91 Å². The molecule has 0 unspecified atom stereocenters. The standard InChI is InChI=1S/C17H22N4O2S/c1-2-21-16(13-7-4-3-5-8-13)19-20-17(21)24-12-15(22)18-11-14-9-6-10-23-14/h3-5,7-8,14H,2,6,9-12H2,1H3,(H,18,22)/t14-/m1/s1. The van der Waals surface area contributed by atoms with Crippen LogP contribution in [0.2, 0.25) is 0 Å². The molecule has 0 radical (unpaired) electrons. The minimum Gasteiger partial charge on any atom is -0.376 e. The zero-order valence-corrected chi connectivity index (χ0v) is 14.6. The van der Waals surface area contributed by atoms with E-state index >= 15 is 0 Å². The van der Waals surface area contributed by atoms with Gasteiger partial charge in [-0.3, -0.25) is 4.79 Å². The SMILES string of the molecule is CCn1c(SCC(=O)NC[C@H]2CCCO2)nnc1-c1ccccc1. The van der Waals surface area contributed by atoms with E-state index in [1.165, 1.54) is 11.8 Å². The maximum absolute atomic E-state index is 12.0. The summed E-state index contributed by atoms with van der Waals surface area (Å²) >= 11 is 1.41. The molecule has 24 heavy (non-hydrogen) atoms. The molecule has 0 spiro atoms. The van der Waals surface area contributed by atoms with Crippen molar-refractivity contribution in [2.45, 2.75) is 37.6 Å². The van der Waals surface area contributed by atoms with E-state index in [-0.39, 0.29) is 12.0 Å². The lowest BCUT2D eigenvalue weighted by molar-refractivity contribution is -0.119. The monoisotopic (exact) mass is 346 g/mol. The molecule has 1 atom stereocenters. The van der Waals surface area contributed by atoms with Gasteiger partial charge in [-0.05, 0) is 19.8 Å². The Morgan fingerprint density at radius 3 is 2.92 bits per heavy atom. The van der Waals surface area contributed by atoms with Crippen molar-refractivity contribution in [3.8, 4) is 11.4 Å². The van der Waals surface area contributed by atoms with Gasteiger partial charge in [0.05, 0.1) is 11.9 Å².